The van der Waals surface area contributed by atoms with Gasteiger partial charge in [-0.1, -0.05) is 48.2 Å². The lowest BCUT2D eigenvalue weighted by Crippen LogP contribution is -2.15. The molecule has 0 aliphatic rings. The Kier molecular flexibility index (Phi) is 5.31. The molecule has 0 saturated carbocycles. The highest BCUT2D eigenvalue weighted by Gasteiger charge is 2.16. The van der Waals surface area contributed by atoms with Gasteiger partial charge < -0.3 is 5.32 Å². The zero-order chi connectivity index (χ0) is 20.4. The second kappa shape index (κ2) is 8.05. The molecule has 0 saturated heterocycles. The Morgan fingerprint density at radius 3 is 2.52 bits per heavy atom. The first-order chi connectivity index (χ1) is 14.0. The number of thioether (sulfide) groups is 1. The lowest BCUT2D eigenvalue weighted by atomic mass is 10.2. The maximum atomic E-state index is 12.6. The Balaban J connectivity index is 1.51. The number of para-hydroxylation sites is 2. The van der Waals surface area contributed by atoms with E-state index in [9.17, 15) is 4.79 Å². The van der Waals surface area contributed by atoms with Crippen molar-refractivity contribution in [2.24, 2.45) is 0 Å². The third-order valence-corrected chi connectivity index (χ3v) is 5.57. The van der Waals surface area contributed by atoms with Gasteiger partial charge in [-0.3, -0.25) is 4.79 Å². The van der Waals surface area contributed by atoms with Gasteiger partial charge in [0.25, 0.3) is 0 Å². The fourth-order valence-corrected chi connectivity index (χ4v) is 4.09. The molecule has 0 atom stereocenters. The van der Waals surface area contributed by atoms with Crippen LogP contribution in [0.2, 0.25) is 0 Å². The number of carbonyl (C=O) groups excluding carboxylic acids is 1. The molecule has 1 amide bonds. The van der Waals surface area contributed by atoms with Gasteiger partial charge in [0.05, 0.1) is 34.0 Å². The number of rotatable bonds is 5. The van der Waals surface area contributed by atoms with Crippen molar-refractivity contribution >= 4 is 34.3 Å². The number of hydrogen-bond donors (Lipinski definition) is 1. The number of hydrogen-bond acceptors (Lipinski definition) is 5. The predicted octanol–water partition coefficient (Wildman–Crippen LogP) is 4.47. The summed E-state index contributed by atoms with van der Waals surface area (Å²) < 4.78 is 1.85. The van der Waals surface area contributed by atoms with E-state index in [0.717, 1.165) is 38.7 Å². The Hall–Kier alpha value is -3.19. The smallest absolute Gasteiger partial charge is 0.234 e. The first kappa shape index (κ1) is 19.1. The zero-order valence-corrected chi connectivity index (χ0v) is 17.3. The average Bonchev–Trinajstić information content (AvgIpc) is 3.00. The van der Waals surface area contributed by atoms with Gasteiger partial charge in [0.1, 0.15) is 10.9 Å². The maximum Gasteiger partial charge on any atom is 0.234 e. The molecule has 0 unspecified atom stereocenters. The molecule has 0 radical (unpaired) electrons. The van der Waals surface area contributed by atoms with Crippen LogP contribution in [0.5, 0.6) is 0 Å². The second-order valence-corrected chi connectivity index (χ2v) is 7.69. The molecule has 0 spiro atoms. The van der Waals surface area contributed by atoms with Gasteiger partial charge in [-0.15, -0.1) is 0 Å². The largest absolute Gasteiger partial charge is 0.322 e. The van der Waals surface area contributed by atoms with Crippen molar-refractivity contribution < 1.29 is 4.79 Å². The second-order valence-electron chi connectivity index (χ2n) is 6.72. The van der Waals surface area contributed by atoms with E-state index in [1.54, 1.807) is 0 Å². The molecule has 4 aromatic rings. The molecule has 2 aromatic carbocycles. The summed E-state index contributed by atoms with van der Waals surface area (Å²) in [5, 5.41) is 9.37. The number of amides is 1. The highest BCUT2D eigenvalue weighted by atomic mass is 32.2. The molecule has 2 heterocycles. The summed E-state index contributed by atoms with van der Waals surface area (Å²) in [6, 6.07) is 17.7. The van der Waals surface area contributed by atoms with Crippen molar-refractivity contribution in [1.82, 2.24) is 19.7 Å². The summed E-state index contributed by atoms with van der Waals surface area (Å²) in [6.07, 6.45) is 0. The van der Waals surface area contributed by atoms with Crippen LogP contribution in [0.15, 0.2) is 59.6 Å². The highest BCUT2D eigenvalue weighted by molar-refractivity contribution is 8.00. The summed E-state index contributed by atoms with van der Waals surface area (Å²) >= 11 is 1.42. The van der Waals surface area contributed by atoms with Gasteiger partial charge in [0, 0.05) is 5.39 Å². The van der Waals surface area contributed by atoms with E-state index in [0.29, 0.717) is 5.82 Å². The quantitative estimate of drug-likeness (QED) is 0.393. The standard InChI is InChI=1S/C22H21N5OS/c1-14-21(15(2)27(26-14)17-9-5-4-6-10-17)25-20(28)13-29-22-18-11-7-8-12-19(18)23-16(3)24-22/h4-12H,13H2,1-3H3,(H,25,28). The van der Waals surface area contributed by atoms with Gasteiger partial charge in [-0.2, -0.15) is 5.10 Å². The van der Waals surface area contributed by atoms with Gasteiger partial charge in [0.2, 0.25) is 5.91 Å². The number of fused-ring (bicyclic) bond motifs is 1. The molecule has 2 aromatic heterocycles. The van der Waals surface area contributed by atoms with E-state index >= 15 is 0 Å². The first-order valence-corrected chi connectivity index (χ1v) is 10.3. The van der Waals surface area contributed by atoms with Crippen molar-refractivity contribution in [3.05, 3.63) is 71.8 Å². The summed E-state index contributed by atoms with van der Waals surface area (Å²) in [4.78, 5) is 21.6. The number of aromatic nitrogens is 4. The van der Waals surface area contributed by atoms with E-state index in [1.165, 1.54) is 11.8 Å². The third kappa shape index (κ3) is 4.00. The van der Waals surface area contributed by atoms with Crippen molar-refractivity contribution in [3.8, 4) is 5.69 Å². The van der Waals surface area contributed by atoms with Crippen molar-refractivity contribution in [2.75, 3.05) is 11.1 Å². The van der Waals surface area contributed by atoms with Crippen molar-refractivity contribution in [2.45, 2.75) is 25.8 Å². The number of benzene rings is 2. The van der Waals surface area contributed by atoms with Crippen LogP contribution in [0.1, 0.15) is 17.2 Å². The van der Waals surface area contributed by atoms with Crippen LogP contribution in [0.3, 0.4) is 0 Å². The van der Waals surface area contributed by atoms with Crippen LogP contribution in [-0.2, 0) is 4.79 Å². The summed E-state index contributed by atoms with van der Waals surface area (Å²) in [5.74, 6) is 0.868. The molecule has 146 valence electrons. The van der Waals surface area contributed by atoms with Gasteiger partial charge in [-0.25, -0.2) is 14.6 Å². The maximum absolute atomic E-state index is 12.6. The molecule has 1 N–H and O–H groups in total. The summed E-state index contributed by atoms with van der Waals surface area (Å²) in [5.41, 5.74) is 4.29. The highest BCUT2D eigenvalue weighted by Crippen LogP contribution is 2.26. The molecule has 0 bridgehead atoms. The summed E-state index contributed by atoms with van der Waals surface area (Å²) in [6.45, 7) is 5.72. The molecular weight excluding hydrogens is 382 g/mol. The van der Waals surface area contributed by atoms with Gasteiger partial charge in [-0.05, 0) is 39.0 Å². The molecule has 0 aliphatic carbocycles. The Bertz CT molecular complexity index is 1190. The Morgan fingerprint density at radius 1 is 1.00 bits per heavy atom. The number of anilines is 1. The van der Waals surface area contributed by atoms with Crippen LogP contribution in [0, 0.1) is 20.8 Å². The molecule has 0 fully saturated rings. The van der Waals surface area contributed by atoms with E-state index < -0.39 is 0 Å². The summed E-state index contributed by atoms with van der Waals surface area (Å²) in [7, 11) is 0. The number of nitrogens with one attached hydrogen (secondary N) is 1. The van der Waals surface area contributed by atoms with Gasteiger partial charge >= 0.3 is 0 Å². The molecule has 0 aliphatic heterocycles. The number of carbonyl (C=O) groups is 1. The fraction of sp³-hybridized carbons (Fsp3) is 0.182. The van der Waals surface area contributed by atoms with E-state index in [2.05, 4.69) is 20.4 Å². The van der Waals surface area contributed by atoms with E-state index in [-0.39, 0.29) is 11.7 Å². The molecule has 6 nitrogen and oxygen atoms in total. The number of nitrogens with zero attached hydrogens (tertiary/aromatic N) is 4. The normalized spacial score (nSPS) is 11.0. The topological polar surface area (TPSA) is 72.7 Å². The average molecular weight is 404 g/mol. The molecule has 7 heteroatoms. The van der Waals surface area contributed by atoms with Crippen LogP contribution in [-0.4, -0.2) is 31.4 Å². The predicted molar refractivity (Wildman–Crippen MR) is 117 cm³/mol. The minimum Gasteiger partial charge on any atom is -0.322 e. The molecule has 29 heavy (non-hydrogen) atoms. The zero-order valence-electron chi connectivity index (χ0n) is 16.5. The molecular formula is C22H21N5OS. The lowest BCUT2D eigenvalue weighted by molar-refractivity contribution is -0.113. The minimum atomic E-state index is -0.0887. The monoisotopic (exact) mass is 403 g/mol. The first-order valence-electron chi connectivity index (χ1n) is 9.30. The third-order valence-electron chi connectivity index (χ3n) is 4.58. The van der Waals surface area contributed by atoms with Gasteiger partial charge in [0.15, 0.2) is 0 Å². The Morgan fingerprint density at radius 2 is 1.72 bits per heavy atom. The fourth-order valence-electron chi connectivity index (χ4n) is 3.22. The number of aryl methyl sites for hydroxylation is 2. The van der Waals surface area contributed by atoms with Crippen LogP contribution in [0.4, 0.5) is 5.69 Å². The lowest BCUT2D eigenvalue weighted by Gasteiger charge is -2.08. The van der Waals surface area contributed by atoms with E-state index in [4.69, 9.17) is 0 Å². The van der Waals surface area contributed by atoms with Crippen molar-refractivity contribution in [3.63, 3.8) is 0 Å². The van der Waals surface area contributed by atoms with Crippen molar-refractivity contribution in [1.29, 1.82) is 0 Å². The van der Waals surface area contributed by atoms with E-state index in [1.807, 2.05) is 80.1 Å². The van der Waals surface area contributed by atoms with Crippen LogP contribution < -0.4 is 5.32 Å². The van der Waals surface area contributed by atoms with Crippen LogP contribution in [0.25, 0.3) is 16.6 Å². The van der Waals surface area contributed by atoms with Crippen LogP contribution >= 0.6 is 11.8 Å². The molecule has 4 rings (SSSR count). The SMILES string of the molecule is Cc1nc(SCC(=O)Nc2c(C)nn(-c3ccccc3)c2C)c2ccccc2n1. The minimum absolute atomic E-state index is 0.0887. The Labute approximate surface area is 173 Å².